The largest absolute Gasteiger partial charge is 0.387 e. The van der Waals surface area contributed by atoms with Gasteiger partial charge in [0.2, 0.25) is 5.91 Å². The number of hydrogen-bond donors (Lipinski definition) is 2. The summed E-state index contributed by atoms with van der Waals surface area (Å²) in [5.74, 6) is 1.27. The van der Waals surface area contributed by atoms with Gasteiger partial charge in [0.05, 0.1) is 12.1 Å². The normalized spacial score (nSPS) is 24.1. The van der Waals surface area contributed by atoms with E-state index in [9.17, 15) is 9.90 Å². The van der Waals surface area contributed by atoms with Gasteiger partial charge in [0, 0.05) is 19.1 Å². The smallest absolute Gasteiger partial charge is 0.234 e. The number of likely N-dealkylation sites (tertiary alicyclic amines) is 1. The summed E-state index contributed by atoms with van der Waals surface area (Å²) >= 11 is 0. The number of aliphatic hydroxyl groups is 1. The minimum atomic E-state index is -0.483. The predicted molar refractivity (Wildman–Crippen MR) is 75.8 cm³/mol. The third kappa shape index (κ3) is 4.18. The number of hydrogen-bond acceptors (Lipinski definition) is 3. The van der Waals surface area contributed by atoms with Crippen molar-refractivity contribution in [2.75, 3.05) is 19.6 Å². The summed E-state index contributed by atoms with van der Waals surface area (Å²) in [7, 11) is 0. The fourth-order valence-corrected chi connectivity index (χ4v) is 2.90. The van der Waals surface area contributed by atoms with Gasteiger partial charge >= 0.3 is 0 Å². The average molecular weight is 268 g/mol. The molecule has 1 aliphatic carbocycles. The summed E-state index contributed by atoms with van der Waals surface area (Å²) in [4.78, 5) is 13.9. The maximum atomic E-state index is 11.9. The van der Waals surface area contributed by atoms with Gasteiger partial charge in [0.25, 0.3) is 0 Å². The van der Waals surface area contributed by atoms with Crippen LogP contribution < -0.4 is 5.32 Å². The molecule has 4 nitrogen and oxygen atoms in total. The minimum absolute atomic E-state index is 0.0918. The third-order valence-corrected chi connectivity index (χ3v) is 4.28. The van der Waals surface area contributed by atoms with Crippen LogP contribution in [-0.4, -0.2) is 47.2 Å². The highest BCUT2D eigenvalue weighted by Crippen LogP contribution is 2.44. The monoisotopic (exact) mass is 268 g/mol. The van der Waals surface area contributed by atoms with E-state index in [2.05, 4.69) is 26.1 Å². The number of rotatable bonds is 7. The van der Waals surface area contributed by atoms with Crippen LogP contribution in [0.3, 0.4) is 0 Å². The molecule has 0 aromatic heterocycles. The molecule has 0 spiro atoms. The van der Waals surface area contributed by atoms with Gasteiger partial charge in [-0.2, -0.15) is 0 Å². The van der Waals surface area contributed by atoms with E-state index in [1.54, 1.807) is 0 Å². The number of nitrogens with one attached hydrogen (secondary N) is 1. The molecule has 0 aromatic rings. The Morgan fingerprint density at radius 3 is 2.47 bits per heavy atom. The van der Waals surface area contributed by atoms with Crippen LogP contribution in [-0.2, 0) is 4.79 Å². The minimum Gasteiger partial charge on any atom is -0.387 e. The van der Waals surface area contributed by atoms with Crippen molar-refractivity contribution in [3.63, 3.8) is 0 Å². The molecule has 2 aliphatic rings. The molecule has 0 aromatic carbocycles. The molecule has 0 radical (unpaired) electrons. The second kappa shape index (κ2) is 5.80. The zero-order valence-corrected chi connectivity index (χ0v) is 12.5. The molecule has 1 atom stereocenters. The fourth-order valence-electron chi connectivity index (χ4n) is 2.90. The van der Waals surface area contributed by atoms with E-state index >= 15 is 0 Å². The summed E-state index contributed by atoms with van der Waals surface area (Å²) in [5, 5.41) is 13.2. The first-order chi connectivity index (χ1) is 8.89. The van der Waals surface area contributed by atoms with E-state index in [0.29, 0.717) is 31.5 Å². The van der Waals surface area contributed by atoms with Crippen LogP contribution in [0.5, 0.6) is 0 Å². The second-order valence-electron chi connectivity index (χ2n) is 6.96. The maximum Gasteiger partial charge on any atom is 0.234 e. The van der Waals surface area contributed by atoms with Crippen molar-refractivity contribution in [3.05, 3.63) is 0 Å². The van der Waals surface area contributed by atoms with Crippen molar-refractivity contribution in [1.82, 2.24) is 10.2 Å². The number of carbonyl (C=O) groups is 1. The van der Waals surface area contributed by atoms with Gasteiger partial charge in [0.1, 0.15) is 0 Å². The van der Waals surface area contributed by atoms with Crippen LogP contribution in [0, 0.1) is 11.8 Å². The van der Waals surface area contributed by atoms with Crippen LogP contribution >= 0.6 is 0 Å². The molecule has 2 fully saturated rings. The van der Waals surface area contributed by atoms with Crippen molar-refractivity contribution in [3.8, 4) is 0 Å². The quantitative estimate of drug-likeness (QED) is 0.733. The maximum absolute atomic E-state index is 11.9. The second-order valence-corrected chi connectivity index (χ2v) is 6.96. The molecule has 0 bridgehead atoms. The van der Waals surface area contributed by atoms with Crippen LogP contribution in [0.4, 0.5) is 0 Å². The zero-order chi connectivity index (χ0) is 14.0. The zero-order valence-electron chi connectivity index (χ0n) is 12.5. The van der Waals surface area contributed by atoms with Gasteiger partial charge in [-0.3, -0.25) is 9.69 Å². The Balaban J connectivity index is 1.60. The summed E-state index contributed by atoms with van der Waals surface area (Å²) in [6, 6.07) is 0.249. The standard InChI is InChI=1S/C15H28N2O2/c1-11(2)4-5-12(3)16-14(18)8-17-9-15(19,10-17)13-6-7-13/h11-13,19H,4-10H2,1-3H3,(H,16,18). The van der Waals surface area contributed by atoms with E-state index in [1.165, 1.54) is 0 Å². The highest BCUT2D eigenvalue weighted by molar-refractivity contribution is 5.78. The molecule has 19 heavy (non-hydrogen) atoms. The average Bonchev–Trinajstić information content (AvgIpc) is 3.07. The molecular weight excluding hydrogens is 240 g/mol. The lowest BCUT2D eigenvalue weighted by Gasteiger charge is -2.46. The molecule has 2 N–H and O–H groups in total. The Bertz CT molecular complexity index is 320. The number of carbonyl (C=O) groups excluding carboxylic acids is 1. The van der Waals surface area contributed by atoms with Crippen molar-refractivity contribution in [2.45, 2.75) is 58.1 Å². The Hall–Kier alpha value is -0.610. The number of nitrogens with zero attached hydrogens (tertiary/aromatic N) is 1. The molecular formula is C15H28N2O2. The molecule has 1 aliphatic heterocycles. The molecule has 1 unspecified atom stereocenters. The van der Waals surface area contributed by atoms with E-state index in [4.69, 9.17) is 0 Å². The molecule has 110 valence electrons. The number of β-amino-alcohol motifs (C(OH)–C–C–N with tert-alkyl or cyclic N) is 1. The Kier molecular flexibility index (Phi) is 4.51. The van der Waals surface area contributed by atoms with Gasteiger partial charge in [-0.15, -0.1) is 0 Å². The van der Waals surface area contributed by atoms with Crippen molar-refractivity contribution in [2.24, 2.45) is 11.8 Å². The topological polar surface area (TPSA) is 52.6 Å². The van der Waals surface area contributed by atoms with Gasteiger partial charge in [-0.25, -0.2) is 0 Å². The lowest BCUT2D eigenvalue weighted by Crippen LogP contribution is -2.64. The molecule has 1 heterocycles. The highest BCUT2D eigenvalue weighted by Gasteiger charge is 2.51. The van der Waals surface area contributed by atoms with Crippen LogP contribution in [0.25, 0.3) is 0 Å². The summed E-state index contributed by atoms with van der Waals surface area (Å²) < 4.78 is 0. The molecule has 4 heteroatoms. The summed E-state index contributed by atoms with van der Waals surface area (Å²) in [6.07, 6.45) is 4.49. The van der Waals surface area contributed by atoms with Gasteiger partial charge in [-0.05, 0) is 44.4 Å². The van der Waals surface area contributed by atoms with Crippen molar-refractivity contribution in [1.29, 1.82) is 0 Å². The summed E-state index contributed by atoms with van der Waals surface area (Å²) in [6.45, 7) is 8.25. The van der Waals surface area contributed by atoms with E-state index < -0.39 is 5.60 Å². The third-order valence-electron chi connectivity index (χ3n) is 4.28. The van der Waals surface area contributed by atoms with Gasteiger partial charge < -0.3 is 10.4 Å². The summed E-state index contributed by atoms with van der Waals surface area (Å²) in [5.41, 5.74) is -0.483. The van der Waals surface area contributed by atoms with Crippen LogP contribution in [0.2, 0.25) is 0 Å². The van der Waals surface area contributed by atoms with Crippen molar-refractivity contribution < 1.29 is 9.90 Å². The first-order valence-electron chi connectivity index (χ1n) is 7.63. The lowest BCUT2D eigenvalue weighted by atomic mass is 9.89. The van der Waals surface area contributed by atoms with E-state index in [0.717, 1.165) is 25.7 Å². The lowest BCUT2D eigenvalue weighted by molar-refractivity contribution is -0.137. The van der Waals surface area contributed by atoms with Crippen molar-refractivity contribution >= 4 is 5.91 Å². The first kappa shape index (κ1) is 14.8. The molecule has 1 saturated heterocycles. The Labute approximate surface area is 116 Å². The van der Waals surface area contributed by atoms with Gasteiger partial charge in [-0.1, -0.05) is 13.8 Å². The predicted octanol–water partition coefficient (Wildman–Crippen LogP) is 1.38. The number of amides is 1. The molecule has 1 saturated carbocycles. The Morgan fingerprint density at radius 2 is 1.95 bits per heavy atom. The van der Waals surface area contributed by atoms with Gasteiger partial charge in [0.15, 0.2) is 0 Å². The van der Waals surface area contributed by atoms with Crippen LogP contribution in [0.15, 0.2) is 0 Å². The highest BCUT2D eigenvalue weighted by atomic mass is 16.3. The van der Waals surface area contributed by atoms with E-state index in [-0.39, 0.29) is 11.9 Å². The molecule has 1 amide bonds. The fraction of sp³-hybridized carbons (Fsp3) is 0.933. The first-order valence-corrected chi connectivity index (χ1v) is 7.63. The van der Waals surface area contributed by atoms with Crippen LogP contribution in [0.1, 0.15) is 46.5 Å². The SMILES string of the molecule is CC(C)CCC(C)NC(=O)CN1CC(O)(C2CC2)C1. The molecule has 2 rings (SSSR count). The van der Waals surface area contributed by atoms with E-state index in [1.807, 2.05) is 4.90 Å². The Morgan fingerprint density at radius 1 is 1.32 bits per heavy atom.